The van der Waals surface area contributed by atoms with Crippen LogP contribution >= 0.6 is 31.9 Å². The van der Waals surface area contributed by atoms with Gasteiger partial charge in [-0.3, -0.25) is 0 Å². The maximum Gasteiger partial charge on any atom is 0.137 e. The highest BCUT2D eigenvalue weighted by atomic mass is 79.9. The summed E-state index contributed by atoms with van der Waals surface area (Å²) in [6.07, 6.45) is 1.10. The molecule has 0 heterocycles. The Kier molecular flexibility index (Phi) is 5.26. The minimum Gasteiger partial charge on any atom is -0.206 e. The zero-order chi connectivity index (χ0) is 15.6. The van der Waals surface area contributed by atoms with Gasteiger partial charge >= 0.3 is 0 Å². The van der Waals surface area contributed by atoms with E-state index in [0.717, 1.165) is 17.5 Å². The van der Waals surface area contributed by atoms with Gasteiger partial charge in [0.1, 0.15) is 5.82 Å². The quantitative estimate of drug-likeness (QED) is 0.485. The van der Waals surface area contributed by atoms with Crippen molar-refractivity contribution in [1.82, 2.24) is 0 Å². The third-order valence-electron chi connectivity index (χ3n) is 4.12. The van der Waals surface area contributed by atoms with E-state index in [9.17, 15) is 4.39 Å². The molecule has 2 rings (SSSR count). The fourth-order valence-electron chi connectivity index (χ4n) is 2.20. The summed E-state index contributed by atoms with van der Waals surface area (Å²) in [6.45, 7) is 6.69. The second kappa shape index (κ2) is 6.62. The van der Waals surface area contributed by atoms with E-state index in [1.54, 1.807) is 6.07 Å². The lowest BCUT2D eigenvalue weighted by atomic mass is 9.82. The molecule has 3 heteroatoms. The number of hydrogen-bond acceptors (Lipinski definition) is 0. The van der Waals surface area contributed by atoms with E-state index in [1.165, 1.54) is 11.6 Å². The fraction of sp³-hybridized carbons (Fsp3) is 0.333. The van der Waals surface area contributed by atoms with Crippen LogP contribution in [-0.4, -0.2) is 0 Å². The third kappa shape index (κ3) is 3.57. The molecule has 1 unspecified atom stereocenters. The Hall–Kier alpha value is -0.670. The van der Waals surface area contributed by atoms with Gasteiger partial charge < -0.3 is 0 Å². The Labute approximate surface area is 143 Å². The van der Waals surface area contributed by atoms with E-state index in [-0.39, 0.29) is 16.1 Å². The summed E-state index contributed by atoms with van der Waals surface area (Å²) in [6, 6.07) is 13.7. The molecular weight excluding hydrogens is 395 g/mol. The predicted octanol–water partition coefficient (Wildman–Crippen LogP) is 6.76. The summed E-state index contributed by atoms with van der Waals surface area (Å²) in [4.78, 5) is -0.0265. The van der Waals surface area contributed by atoms with Gasteiger partial charge in [0.25, 0.3) is 0 Å². The molecule has 21 heavy (non-hydrogen) atoms. The summed E-state index contributed by atoms with van der Waals surface area (Å²) < 4.78 is 14.2. The molecule has 0 aliphatic heterocycles. The highest BCUT2D eigenvalue weighted by Gasteiger charge is 2.20. The van der Waals surface area contributed by atoms with Crippen LogP contribution in [0.5, 0.6) is 0 Å². The Morgan fingerprint density at radius 3 is 2.29 bits per heavy atom. The van der Waals surface area contributed by atoms with Crippen LogP contribution in [0.3, 0.4) is 0 Å². The summed E-state index contributed by atoms with van der Waals surface area (Å²) in [5, 5.41) is 0. The van der Waals surface area contributed by atoms with Crippen LogP contribution in [-0.2, 0) is 5.41 Å². The second-order valence-corrected chi connectivity index (χ2v) is 7.57. The van der Waals surface area contributed by atoms with Gasteiger partial charge in [0.15, 0.2) is 0 Å². The van der Waals surface area contributed by atoms with E-state index in [0.29, 0.717) is 4.47 Å². The summed E-state index contributed by atoms with van der Waals surface area (Å²) in [5.74, 6) is -0.235. The van der Waals surface area contributed by atoms with Crippen molar-refractivity contribution in [3.8, 4) is 0 Å². The van der Waals surface area contributed by atoms with Crippen molar-refractivity contribution in [2.45, 2.75) is 37.4 Å². The van der Waals surface area contributed by atoms with Crippen LogP contribution in [0.25, 0.3) is 0 Å². The Morgan fingerprint density at radius 1 is 1.10 bits per heavy atom. The van der Waals surface area contributed by atoms with E-state index < -0.39 is 0 Å². The van der Waals surface area contributed by atoms with Gasteiger partial charge in [-0.05, 0) is 50.5 Å². The molecule has 112 valence electrons. The van der Waals surface area contributed by atoms with E-state index in [1.807, 2.05) is 6.07 Å². The molecule has 0 aliphatic rings. The molecule has 0 radical (unpaired) electrons. The van der Waals surface area contributed by atoms with Gasteiger partial charge in [-0.1, -0.05) is 73.1 Å². The first kappa shape index (κ1) is 16.7. The maximum absolute atomic E-state index is 13.7. The SMILES string of the molecule is CCC(C)(C)c1ccc(C(Br)c2cccc(F)c2Br)cc1. The Bertz CT molecular complexity index is 618. The van der Waals surface area contributed by atoms with Crippen LogP contribution in [0, 0.1) is 5.82 Å². The zero-order valence-corrected chi connectivity index (χ0v) is 15.6. The van der Waals surface area contributed by atoms with Crippen LogP contribution in [0.1, 0.15) is 48.7 Å². The molecule has 0 fully saturated rings. The molecule has 1 atom stereocenters. The molecule has 2 aromatic carbocycles. The number of benzene rings is 2. The standard InChI is InChI=1S/C18H19Br2F/c1-4-18(2,3)13-10-8-12(9-11-13)16(19)14-6-5-7-15(21)17(14)20/h5-11,16H,4H2,1-3H3. The Balaban J connectivity index is 2.32. The molecule has 0 spiro atoms. The van der Waals surface area contributed by atoms with Gasteiger partial charge in [0.2, 0.25) is 0 Å². The minimum absolute atomic E-state index is 0.0265. The number of hydrogen-bond donors (Lipinski definition) is 0. The van der Waals surface area contributed by atoms with Gasteiger partial charge in [0.05, 0.1) is 9.30 Å². The minimum atomic E-state index is -0.235. The molecule has 0 aliphatic carbocycles. The van der Waals surface area contributed by atoms with E-state index in [2.05, 4.69) is 76.9 Å². The van der Waals surface area contributed by atoms with E-state index >= 15 is 0 Å². The fourth-order valence-corrected chi connectivity index (χ4v) is 3.69. The summed E-state index contributed by atoms with van der Waals surface area (Å²) in [5.41, 5.74) is 3.53. The normalized spacial score (nSPS) is 13.2. The highest BCUT2D eigenvalue weighted by molar-refractivity contribution is 9.11. The van der Waals surface area contributed by atoms with Gasteiger partial charge in [0, 0.05) is 0 Å². The maximum atomic E-state index is 13.7. The topological polar surface area (TPSA) is 0 Å². The van der Waals surface area contributed by atoms with Crippen molar-refractivity contribution >= 4 is 31.9 Å². The molecule has 2 aromatic rings. The summed E-state index contributed by atoms with van der Waals surface area (Å²) in [7, 11) is 0. The number of halogens is 3. The first-order valence-electron chi connectivity index (χ1n) is 7.05. The first-order valence-corrected chi connectivity index (χ1v) is 8.76. The van der Waals surface area contributed by atoms with Crippen molar-refractivity contribution in [2.24, 2.45) is 0 Å². The highest BCUT2D eigenvalue weighted by Crippen LogP contribution is 2.37. The van der Waals surface area contributed by atoms with Gasteiger partial charge in [-0.2, -0.15) is 0 Å². The van der Waals surface area contributed by atoms with Crippen molar-refractivity contribution in [1.29, 1.82) is 0 Å². The van der Waals surface area contributed by atoms with Crippen molar-refractivity contribution in [2.75, 3.05) is 0 Å². The average molecular weight is 414 g/mol. The lowest BCUT2D eigenvalue weighted by Crippen LogP contribution is -2.15. The third-order valence-corrected chi connectivity index (χ3v) is 5.98. The number of alkyl halides is 1. The van der Waals surface area contributed by atoms with Crippen LogP contribution in [0.4, 0.5) is 4.39 Å². The molecule has 0 bridgehead atoms. The molecule has 0 amide bonds. The molecule has 0 saturated heterocycles. The molecular formula is C18H19Br2F. The van der Waals surface area contributed by atoms with Crippen LogP contribution in [0.2, 0.25) is 0 Å². The molecule has 0 nitrogen and oxygen atoms in total. The first-order chi connectivity index (χ1) is 9.86. The van der Waals surface area contributed by atoms with Gasteiger partial charge in [-0.25, -0.2) is 4.39 Å². The number of rotatable bonds is 4. The van der Waals surface area contributed by atoms with E-state index in [4.69, 9.17) is 0 Å². The smallest absolute Gasteiger partial charge is 0.137 e. The largest absolute Gasteiger partial charge is 0.206 e. The zero-order valence-electron chi connectivity index (χ0n) is 12.5. The molecule has 0 N–H and O–H groups in total. The Morgan fingerprint density at radius 2 is 1.71 bits per heavy atom. The van der Waals surface area contributed by atoms with Gasteiger partial charge in [-0.15, -0.1) is 0 Å². The lowest BCUT2D eigenvalue weighted by Gasteiger charge is -2.24. The predicted molar refractivity (Wildman–Crippen MR) is 94.6 cm³/mol. The van der Waals surface area contributed by atoms with Crippen molar-refractivity contribution < 1.29 is 4.39 Å². The van der Waals surface area contributed by atoms with Crippen molar-refractivity contribution in [3.05, 3.63) is 69.4 Å². The lowest BCUT2D eigenvalue weighted by molar-refractivity contribution is 0.506. The molecule has 0 saturated carbocycles. The average Bonchev–Trinajstić information content (AvgIpc) is 2.49. The molecule has 0 aromatic heterocycles. The van der Waals surface area contributed by atoms with Crippen LogP contribution < -0.4 is 0 Å². The summed E-state index contributed by atoms with van der Waals surface area (Å²) >= 11 is 7.01. The van der Waals surface area contributed by atoms with Crippen LogP contribution in [0.15, 0.2) is 46.9 Å². The van der Waals surface area contributed by atoms with Crippen molar-refractivity contribution in [3.63, 3.8) is 0 Å². The second-order valence-electron chi connectivity index (χ2n) is 5.87. The monoisotopic (exact) mass is 412 g/mol.